The van der Waals surface area contributed by atoms with Crippen molar-refractivity contribution in [3.63, 3.8) is 0 Å². The van der Waals surface area contributed by atoms with E-state index in [1.54, 1.807) is 21.3 Å². The van der Waals surface area contributed by atoms with Gasteiger partial charge < -0.3 is 25.4 Å². The smallest absolute Gasteiger partial charge is 0.224 e. The summed E-state index contributed by atoms with van der Waals surface area (Å²) in [6.45, 7) is 4.61. The van der Waals surface area contributed by atoms with Crippen LogP contribution in [0.25, 0.3) is 0 Å². The number of benzene rings is 2. The lowest BCUT2D eigenvalue weighted by Crippen LogP contribution is -2.30. The quantitative estimate of drug-likeness (QED) is 0.464. The molecule has 0 fully saturated rings. The minimum Gasteiger partial charge on any atom is -0.493 e. The van der Waals surface area contributed by atoms with Crippen molar-refractivity contribution >= 4 is 23.2 Å². The Morgan fingerprint density at radius 3 is 2.38 bits per heavy atom. The average molecular weight is 399 g/mol. The fraction of sp³-hybridized carbons (Fsp3) is 0.364. The fourth-order valence-electron chi connectivity index (χ4n) is 2.76. The normalized spacial score (nSPS) is 11.2. The van der Waals surface area contributed by atoms with Gasteiger partial charge in [0.05, 0.1) is 14.2 Å². The summed E-state index contributed by atoms with van der Waals surface area (Å²) in [7, 11) is 4.91. The zero-order chi connectivity index (χ0) is 21.2. The van der Waals surface area contributed by atoms with Gasteiger partial charge in [0.15, 0.2) is 17.5 Å². The zero-order valence-corrected chi connectivity index (χ0v) is 17.7. The van der Waals surface area contributed by atoms with E-state index in [9.17, 15) is 4.79 Å². The number of methoxy groups -OCH3 is 2. The van der Waals surface area contributed by atoms with Crippen LogP contribution in [0.4, 0.5) is 11.4 Å². The van der Waals surface area contributed by atoms with Gasteiger partial charge in [-0.3, -0.25) is 9.79 Å². The Hall–Kier alpha value is -3.22. The summed E-state index contributed by atoms with van der Waals surface area (Å²) in [5.41, 5.74) is 2.64. The molecule has 156 valence electrons. The minimum atomic E-state index is 0.0241. The van der Waals surface area contributed by atoms with E-state index < -0.39 is 0 Å². The molecule has 3 N–H and O–H groups in total. The van der Waals surface area contributed by atoms with E-state index in [2.05, 4.69) is 20.9 Å². The fourth-order valence-corrected chi connectivity index (χ4v) is 2.76. The van der Waals surface area contributed by atoms with Gasteiger partial charge in [-0.25, -0.2) is 0 Å². The summed E-state index contributed by atoms with van der Waals surface area (Å²) < 4.78 is 10.6. The van der Waals surface area contributed by atoms with E-state index in [0.29, 0.717) is 36.3 Å². The van der Waals surface area contributed by atoms with Crippen LogP contribution in [0.3, 0.4) is 0 Å². The topological polar surface area (TPSA) is 84.0 Å². The molecule has 7 heteroatoms. The van der Waals surface area contributed by atoms with Gasteiger partial charge >= 0.3 is 0 Å². The van der Waals surface area contributed by atoms with Crippen LogP contribution < -0.4 is 25.4 Å². The van der Waals surface area contributed by atoms with E-state index in [-0.39, 0.29) is 5.91 Å². The van der Waals surface area contributed by atoms with E-state index in [1.165, 1.54) is 0 Å². The molecule has 0 atom stereocenters. The molecule has 0 radical (unpaired) electrons. The van der Waals surface area contributed by atoms with Gasteiger partial charge in [0.1, 0.15) is 0 Å². The molecule has 1 amide bonds. The van der Waals surface area contributed by atoms with Crippen molar-refractivity contribution < 1.29 is 14.3 Å². The number of nitrogens with one attached hydrogen (secondary N) is 3. The molecule has 2 rings (SSSR count). The molecular weight excluding hydrogens is 368 g/mol. The highest BCUT2D eigenvalue weighted by molar-refractivity contribution is 5.94. The van der Waals surface area contributed by atoms with E-state index in [4.69, 9.17) is 9.47 Å². The Kier molecular flexibility index (Phi) is 8.33. The Morgan fingerprint density at radius 2 is 1.72 bits per heavy atom. The molecule has 0 bridgehead atoms. The molecule has 0 saturated heterocycles. The van der Waals surface area contributed by atoms with Gasteiger partial charge in [0, 0.05) is 37.5 Å². The molecule has 0 saturated carbocycles. The summed E-state index contributed by atoms with van der Waals surface area (Å²) in [5.74, 6) is 2.27. The molecule has 0 aliphatic rings. The van der Waals surface area contributed by atoms with Crippen LogP contribution in [0.5, 0.6) is 11.5 Å². The summed E-state index contributed by atoms with van der Waals surface area (Å²) in [6.07, 6.45) is 0.504. The lowest BCUT2D eigenvalue weighted by atomic mass is 10.1. The third-order valence-corrected chi connectivity index (χ3v) is 4.13. The Bertz CT molecular complexity index is 850. The molecule has 0 spiro atoms. The summed E-state index contributed by atoms with van der Waals surface area (Å²) >= 11 is 0. The van der Waals surface area contributed by atoms with E-state index in [0.717, 1.165) is 16.9 Å². The van der Waals surface area contributed by atoms with Gasteiger partial charge in [-0.15, -0.1) is 0 Å². The van der Waals surface area contributed by atoms with Gasteiger partial charge in [-0.2, -0.15) is 0 Å². The van der Waals surface area contributed by atoms with Crippen LogP contribution in [-0.4, -0.2) is 33.1 Å². The summed E-state index contributed by atoms with van der Waals surface area (Å²) in [5, 5.41) is 9.43. The third-order valence-electron chi connectivity index (χ3n) is 4.13. The van der Waals surface area contributed by atoms with Gasteiger partial charge in [0.2, 0.25) is 5.91 Å². The average Bonchev–Trinajstić information content (AvgIpc) is 2.70. The molecule has 2 aromatic rings. The molecule has 0 aromatic heterocycles. The number of rotatable bonds is 8. The Labute approximate surface area is 172 Å². The van der Waals surface area contributed by atoms with Gasteiger partial charge in [-0.1, -0.05) is 26.0 Å². The first-order chi connectivity index (χ1) is 13.9. The monoisotopic (exact) mass is 398 g/mol. The minimum absolute atomic E-state index is 0.0241. The number of hydrogen-bond donors (Lipinski definition) is 3. The highest BCUT2D eigenvalue weighted by Crippen LogP contribution is 2.29. The second-order valence-corrected chi connectivity index (χ2v) is 6.97. The lowest BCUT2D eigenvalue weighted by Gasteiger charge is -2.14. The van der Waals surface area contributed by atoms with Crippen molar-refractivity contribution in [3.05, 3.63) is 48.0 Å². The first-order valence-corrected chi connectivity index (χ1v) is 9.53. The maximum absolute atomic E-state index is 12.0. The van der Waals surface area contributed by atoms with E-state index in [1.807, 2.05) is 56.3 Å². The predicted molar refractivity (Wildman–Crippen MR) is 118 cm³/mol. The Balaban J connectivity index is 1.97. The maximum atomic E-state index is 12.0. The van der Waals surface area contributed by atoms with Crippen LogP contribution in [-0.2, 0) is 11.3 Å². The number of hydrogen-bond acceptors (Lipinski definition) is 4. The number of carbonyl (C=O) groups excluding carboxylic acids is 1. The number of aliphatic imine (C=N–C) groups is 1. The molecule has 0 heterocycles. The van der Waals surface area contributed by atoms with Crippen molar-refractivity contribution in [2.75, 3.05) is 31.9 Å². The zero-order valence-electron chi connectivity index (χ0n) is 17.7. The number of carbonyl (C=O) groups is 1. The second-order valence-electron chi connectivity index (χ2n) is 6.97. The third kappa shape index (κ3) is 7.03. The predicted octanol–water partition coefficient (Wildman–Crippen LogP) is 3.88. The molecule has 2 aromatic carbocycles. The van der Waals surface area contributed by atoms with Crippen molar-refractivity contribution in [1.82, 2.24) is 5.32 Å². The number of amides is 1. The van der Waals surface area contributed by atoms with Crippen LogP contribution in [0.1, 0.15) is 25.8 Å². The van der Waals surface area contributed by atoms with E-state index >= 15 is 0 Å². The Morgan fingerprint density at radius 1 is 1.00 bits per heavy atom. The number of nitrogens with zero attached hydrogens (tertiary/aromatic N) is 1. The molecule has 0 aliphatic heterocycles. The van der Waals surface area contributed by atoms with Gasteiger partial charge in [0.25, 0.3) is 0 Å². The summed E-state index contributed by atoms with van der Waals surface area (Å²) in [6, 6.07) is 13.3. The first kappa shape index (κ1) is 22.1. The SMILES string of the molecule is CN=C(NCc1cccc(NC(=O)CC(C)C)c1)Nc1ccc(OC)c(OC)c1. The highest BCUT2D eigenvalue weighted by atomic mass is 16.5. The second kappa shape index (κ2) is 10.9. The lowest BCUT2D eigenvalue weighted by molar-refractivity contribution is -0.116. The van der Waals surface area contributed by atoms with Crippen molar-refractivity contribution in [2.45, 2.75) is 26.8 Å². The molecule has 0 unspecified atom stereocenters. The maximum Gasteiger partial charge on any atom is 0.224 e. The molecule has 7 nitrogen and oxygen atoms in total. The van der Waals surface area contributed by atoms with Crippen LogP contribution >= 0.6 is 0 Å². The molecule has 29 heavy (non-hydrogen) atoms. The van der Waals surface area contributed by atoms with Crippen molar-refractivity contribution in [1.29, 1.82) is 0 Å². The molecular formula is C22H30N4O3. The standard InChI is InChI=1S/C22H30N4O3/c1-15(2)11-21(27)25-17-8-6-7-16(12-17)14-24-22(23-3)26-18-9-10-19(28-4)20(13-18)29-5/h6-10,12-13,15H,11,14H2,1-5H3,(H,25,27)(H2,23,24,26). The van der Waals surface area contributed by atoms with Crippen LogP contribution in [0.15, 0.2) is 47.5 Å². The highest BCUT2D eigenvalue weighted by Gasteiger charge is 2.08. The first-order valence-electron chi connectivity index (χ1n) is 9.53. The number of guanidine groups is 1. The van der Waals surface area contributed by atoms with Crippen LogP contribution in [0.2, 0.25) is 0 Å². The van der Waals surface area contributed by atoms with Gasteiger partial charge in [-0.05, 0) is 35.7 Å². The van der Waals surface area contributed by atoms with Crippen molar-refractivity contribution in [2.24, 2.45) is 10.9 Å². The summed E-state index contributed by atoms with van der Waals surface area (Å²) in [4.78, 5) is 16.2. The number of anilines is 2. The molecule has 0 aliphatic carbocycles. The largest absolute Gasteiger partial charge is 0.493 e. The van der Waals surface area contributed by atoms with Crippen molar-refractivity contribution in [3.8, 4) is 11.5 Å². The number of ether oxygens (including phenoxy) is 2. The van der Waals surface area contributed by atoms with Crippen LogP contribution in [0, 0.1) is 5.92 Å².